The lowest BCUT2D eigenvalue weighted by atomic mass is 9.96. The third-order valence-electron chi connectivity index (χ3n) is 3.74. The molecule has 1 heterocycles. The molecule has 1 aromatic heterocycles. The number of hydrogen-bond donors (Lipinski definition) is 2. The monoisotopic (exact) mass is 265 g/mol. The van der Waals surface area contributed by atoms with Gasteiger partial charge in [-0.05, 0) is 37.7 Å². The molecule has 1 aromatic rings. The van der Waals surface area contributed by atoms with Gasteiger partial charge in [-0.2, -0.15) is 0 Å². The van der Waals surface area contributed by atoms with Gasteiger partial charge in [-0.15, -0.1) is 11.8 Å². The molecule has 0 aliphatic heterocycles. The van der Waals surface area contributed by atoms with Gasteiger partial charge >= 0.3 is 0 Å². The fourth-order valence-corrected chi connectivity index (χ4v) is 3.43. The van der Waals surface area contributed by atoms with E-state index in [-0.39, 0.29) is 12.1 Å². The Balaban J connectivity index is 1.65. The summed E-state index contributed by atoms with van der Waals surface area (Å²) >= 11 is 1.72. The normalized spacial score (nSPS) is 22.7. The molecular weight excluding hydrogens is 246 g/mol. The molecule has 2 aliphatic rings. The van der Waals surface area contributed by atoms with Crippen LogP contribution in [0.3, 0.4) is 0 Å². The van der Waals surface area contributed by atoms with Gasteiger partial charge in [0.05, 0.1) is 17.2 Å². The molecule has 98 valence electrons. The molecular formula is C13H19N3OS. The van der Waals surface area contributed by atoms with Crippen molar-refractivity contribution in [3.05, 3.63) is 18.6 Å². The first-order valence-electron chi connectivity index (χ1n) is 6.60. The summed E-state index contributed by atoms with van der Waals surface area (Å²) in [4.78, 5) is 8.16. The van der Waals surface area contributed by atoms with E-state index in [0.717, 1.165) is 10.8 Å². The third-order valence-corrected chi connectivity index (χ3v) is 4.94. The largest absolute Gasteiger partial charge is 0.394 e. The Hall–Kier alpha value is -0.650. The number of thioether (sulfide) groups is 1. The first-order chi connectivity index (χ1) is 8.82. The van der Waals surface area contributed by atoms with Crippen molar-refractivity contribution in [3.63, 3.8) is 0 Å². The maximum absolute atomic E-state index is 9.83. The molecule has 5 heteroatoms. The lowest BCUT2D eigenvalue weighted by molar-refractivity contribution is 0.157. The van der Waals surface area contributed by atoms with Crippen LogP contribution in [0.2, 0.25) is 0 Å². The Morgan fingerprint density at radius 3 is 2.78 bits per heavy atom. The molecule has 0 bridgehead atoms. The zero-order valence-corrected chi connectivity index (χ0v) is 11.2. The summed E-state index contributed by atoms with van der Waals surface area (Å²) in [5.74, 6) is 1.53. The zero-order valence-electron chi connectivity index (χ0n) is 10.4. The summed E-state index contributed by atoms with van der Waals surface area (Å²) in [5, 5.41) is 14.5. The second-order valence-electron chi connectivity index (χ2n) is 5.34. The Labute approximate surface area is 112 Å². The number of aliphatic hydroxyl groups is 1. The minimum atomic E-state index is -0.100. The minimum absolute atomic E-state index is 0.100. The average molecular weight is 265 g/mol. The second-order valence-corrected chi connectivity index (χ2v) is 6.34. The molecule has 4 nitrogen and oxygen atoms in total. The third kappa shape index (κ3) is 2.84. The fourth-order valence-electron chi connectivity index (χ4n) is 2.33. The van der Waals surface area contributed by atoms with Crippen LogP contribution in [0.15, 0.2) is 23.6 Å². The van der Waals surface area contributed by atoms with E-state index in [1.54, 1.807) is 24.3 Å². The van der Waals surface area contributed by atoms with E-state index in [9.17, 15) is 5.11 Å². The van der Waals surface area contributed by atoms with Gasteiger partial charge in [0.25, 0.3) is 0 Å². The van der Waals surface area contributed by atoms with Crippen molar-refractivity contribution in [1.82, 2.24) is 15.3 Å². The van der Waals surface area contributed by atoms with Gasteiger partial charge in [-0.1, -0.05) is 0 Å². The van der Waals surface area contributed by atoms with Crippen LogP contribution in [0.4, 0.5) is 0 Å². The van der Waals surface area contributed by atoms with Crippen LogP contribution in [0.5, 0.6) is 0 Å². The molecule has 2 saturated carbocycles. The predicted molar refractivity (Wildman–Crippen MR) is 71.5 cm³/mol. The quantitative estimate of drug-likeness (QED) is 0.577. The van der Waals surface area contributed by atoms with E-state index in [0.29, 0.717) is 12.0 Å². The van der Waals surface area contributed by atoms with Crippen molar-refractivity contribution in [2.75, 3.05) is 12.4 Å². The highest BCUT2D eigenvalue weighted by Crippen LogP contribution is 2.43. The average Bonchev–Trinajstić information content (AvgIpc) is 3.28. The van der Waals surface area contributed by atoms with E-state index in [1.807, 2.05) is 6.07 Å². The fraction of sp³-hybridized carbons (Fsp3) is 0.692. The van der Waals surface area contributed by atoms with Crippen LogP contribution >= 0.6 is 11.8 Å². The molecule has 1 unspecified atom stereocenters. The molecule has 2 aliphatic carbocycles. The Kier molecular flexibility index (Phi) is 3.54. The number of hydrogen-bond acceptors (Lipinski definition) is 5. The Morgan fingerprint density at radius 1 is 1.39 bits per heavy atom. The molecule has 2 N–H and O–H groups in total. The molecule has 0 amide bonds. The first-order valence-corrected chi connectivity index (χ1v) is 7.58. The molecule has 1 atom stereocenters. The molecule has 3 rings (SSSR count). The van der Waals surface area contributed by atoms with Gasteiger partial charge in [-0.25, -0.2) is 9.97 Å². The maximum atomic E-state index is 9.83. The molecule has 18 heavy (non-hydrogen) atoms. The number of aliphatic hydroxyl groups excluding tert-OH is 1. The summed E-state index contributed by atoms with van der Waals surface area (Å²) in [7, 11) is 0. The molecule has 2 fully saturated rings. The molecule has 0 saturated heterocycles. The van der Waals surface area contributed by atoms with Crippen molar-refractivity contribution < 1.29 is 5.11 Å². The SMILES string of the molecule is OCC(CSc1ccncn1)(NC1CC1)C1CC1. The lowest BCUT2D eigenvalue weighted by Gasteiger charge is -2.33. The van der Waals surface area contributed by atoms with E-state index in [2.05, 4.69) is 15.3 Å². The number of nitrogens with one attached hydrogen (secondary N) is 1. The zero-order chi connectivity index (χ0) is 12.4. The smallest absolute Gasteiger partial charge is 0.116 e. The first kappa shape index (κ1) is 12.4. The van der Waals surface area contributed by atoms with Gasteiger partial charge in [0, 0.05) is 18.0 Å². The summed E-state index contributed by atoms with van der Waals surface area (Å²) in [6.07, 6.45) is 8.34. The number of aromatic nitrogens is 2. The Bertz CT molecular complexity index is 394. The van der Waals surface area contributed by atoms with Crippen molar-refractivity contribution in [2.45, 2.75) is 42.3 Å². The van der Waals surface area contributed by atoms with Crippen LogP contribution in [0.25, 0.3) is 0 Å². The van der Waals surface area contributed by atoms with Crippen LogP contribution in [0, 0.1) is 5.92 Å². The highest BCUT2D eigenvalue weighted by molar-refractivity contribution is 7.99. The molecule has 0 spiro atoms. The molecule has 0 aromatic carbocycles. The highest BCUT2D eigenvalue weighted by atomic mass is 32.2. The highest BCUT2D eigenvalue weighted by Gasteiger charge is 2.47. The van der Waals surface area contributed by atoms with E-state index in [1.165, 1.54) is 25.7 Å². The van der Waals surface area contributed by atoms with Crippen LogP contribution in [-0.4, -0.2) is 39.0 Å². The maximum Gasteiger partial charge on any atom is 0.116 e. The van der Waals surface area contributed by atoms with Crippen LogP contribution < -0.4 is 5.32 Å². The van der Waals surface area contributed by atoms with E-state index in [4.69, 9.17) is 0 Å². The van der Waals surface area contributed by atoms with Crippen LogP contribution in [0.1, 0.15) is 25.7 Å². The van der Waals surface area contributed by atoms with Crippen molar-refractivity contribution in [2.24, 2.45) is 5.92 Å². The summed E-state index contributed by atoms with van der Waals surface area (Å²) in [5.41, 5.74) is -0.100. The predicted octanol–water partition coefficient (Wildman–Crippen LogP) is 1.46. The van der Waals surface area contributed by atoms with Gasteiger partial charge in [0.15, 0.2) is 0 Å². The van der Waals surface area contributed by atoms with Gasteiger partial charge in [0.2, 0.25) is 0 Å². The van der Waals surface area contributed by atoms with Crippen molar-refractivity contribution in [1.29, 1.82) is 0 Å². The van der Waals surface area contributed by atoms with E-state index < -0.39 is 0 Å². The topological polar surface area (TPSA) is 58.0 Å². The number of nitrogens with zero attached hydrogens (tertiary/aromatic N) is 2. The summed E-state index contributed by atoms with van der Waals surface area (Å²) in [6.45, 7) is 0.228. The summed E-state index contributed by atoms with van der Waals surface area (Å²) in [6, 6.07) is 2.56. The van der Waals surface area contributed by atoms with E-state index >= 15 is 0 Å². The number of rotatable bonds is 7. The Morgan fingerprint density at radius 2 is 2.22 bits per heavy atom. The minimum Gasteiger partial charge on any atom is -0.394 e. The van der Waals surface area contributed by atoms with Gasteiger partial charge < -0.3 is 10.4 Å². The summed E-state index contributed by atoms with van der Waals surface area (Å²) < 4.78 is 0. The van der Waals surface area contributed by atoms with Crippen LogP contribution in [-0.2, 0) is 0 Å². The van der Waals surface area contributed by atoms with Crippen molar-refractivity contribution in [3.8, 4) is 0 Å². The van der Waals surface area contributed by atoms with Gasteiger partial charge in [0.1, 0.15) is 6.33 Å². The lowest BCUT2D eigenvalue weighted by Crippen LogP contribution is -2.53. The second kappa shape index (κ2) is 5.15. The van der Waals surface area contributed by atoms with Gasteiger partial charge in [-0.3, -0.25) is 0 Å². The standard InChI is InChI=1S/C13H19N3OS/c17-7-13(10-1-2-10,16-11-3-4-11)8-18-12-5-6-14-9-15-12/h5-6,9-11,16-17H,1-4,7-8H2. The van der Waals surface area contributed by atoms with Crippen molar-refractivity contribution >= 4 is 11.8 Å². The molecule has 0 radical (unpaired) electrons.